The Bertz CT molecular complexity index is 1620. The Balaban J connectivity index is 1.59. The average molecular weight is 702 g/mol. The molecule has 2 unspecified atom stereocenters. The van der Waals surface area contributed by atoms with Crippen molar-refractivity contribution in [1.29, 1.82) is 0 Å². The molecular weight excluding hydrogens is 688 g/mol. The van der Waals surface area contributed by atoms with Crippen LogP contribution in [0.4, 0.5) is 0 Å². The van der Waals surface area contributed by atoms with Crippen LogP contribution in [-0.2, 0) is 0 Å². The summed E-state index contributed by atoms with van der Waals surface area (Å²) in [5.41, 5.74) is 0.263. The number of allylic oxidation sites excluding steroid dienone is 6. The number of fused-ring (bicyclic) bond motifs is 2. The van der Waals surface area contributed by atoms with Crippen molar-refractivity contribution in [2.45, 2.75) is 18.9 Å². The highest BCUT2D eigenvalue weighted by Crippen LogP contribution is 2.53. The van der Waals surface area contributed by atoms with Gasteiger partial charge in [-0.2, -0.15) is 0 Å². The molecule has 6 nitrogen and oxygen atoms in total. The van der Waals surface area contributed by atoms with E-state index in [1.165, 1.54) is 4.90 Å². The number of aliphatic hydroxyl groups excluding tert-OH is 3. The molecule has 208 valence electrons. The number of aliphatic hydroxyl groups is 3. The van der Waals surface area contributed by atoms with Gasteiger partial charge in [0.05, 0.1) is 69.1 Å². The summed E-state index contributed by atoms with van der Waals surface area (Å²) >= 11 is 50.0. The molecule has 40 heavy (non-hydrogen) atoms. The molecule has 0 aromatic heterocycles. The van der Waals surface area contributed by atoms with Crippen LogP contribution in [0.5, 0.6) is 0 Å². The number of rotatable bonds is 2. The Morgan fingerprint density at radius 2 is 1.27 bits per heavy atom. The molecule has 0 spiro atoms. The minimum absolute atomic E-state index is 0.0520. The molecule has 14 heteroatoms. The number of aliphatic imine (C=N–C) groups is 1. The van der Waals surface area contributed by atoms with Gasteiger partial charge in [0.25, 0.3) is 0 Å². The summed E-state index contributed by atoms with van der Waals surface area (Å²) in [6.45, 7) is -0.174. The van der Waals surface area contributed by atoms with E-state index in [-0.39, 0.29) is 80.3 Å². The molecule has 5 rings (SSSR count). The van der Waals surface area contributed by atoms with Crippen LogP contribution >= 0.6 is 92.8 Å². The number of benzene rings is 2. The van der Waals surface area contributed by atoms with Crippen LogP contribution < -0.4 is 0 Å². The second-order valence-corrected chi connectivity index (χ2v) is 11.7. The largest absolute Gasteiger partial charge is 0.506 e. The second-order valence-electron chi connectivity index (χ2n) is 8.72. The fourth-order valence-corrected chi connectivity index (χ4v) is 6.78. The first-order valence-corrected chi connectivity index (χ1v) is 14.3. The smallest absolute Gasteiger partial charge is 0.201 e. The maximum absolute atomic E-state index is 13.5. The Kier molecular flexibility index (Phi) is 8.52. The molecule has 0 radical (unpaired) electrons. The van der Waals surface area contributed by atoms with Crippen LogP contribution in [0.25, 0.3) is 5.76 Å². The zero-order valence-electron chi connectivity index (χ0n) is 19.6. The van der Waals surface area contributed by atoms with E-state index in [0.717, 1.165) is 0 Å². The summed E-state index contributed by atoms with van der Waals surface area (Å²) < 4.78 is 0. The molecule has 2 aromatic carbocycles. The topological polar surface area (TPSA) is 93.4 Å². The first-order valence-electron chi connectivity index (χ1n) is 11.3. The number of carbonyl (C=O) groups excluding carboxylic acids is 1. The predicted molar refractivity (Wildman–Crippen MR) is 162 cm³/mol. The van der Waals surface area contributed by atoms with E-state index in [9.17, 15) is 20.1 Å². The minimum Gasteiger partial charge on any atom is -0.506 e. The van der Waals surface area contributed by atoms with Gasteiger partial charge >= 0.3 is 0 Å². The van der Waals surface area contributed by atoms with Crippen LogP contribution in [0.15, 0.2) is 46.6 Å². The maximum atomic E-state index is 13.5. The van der Waals surface area contributed by atoms with Gasteiger partial charge in [0.15, 0.2) is 12.5 Å². The molecule has 2 aliphatic heterocycles. The number of carbonyl (C=O) groups is 1. The summed E-state index contributed by atoms with van der Waals surface area (Å²) in [4.78, 5) is 19.3. The summed E-state index contributed by atoms with van der Waals surface area (Å²) in [5.74, 6) is -1.13. The summed E-state index contributed by atoms with van der Waals surface area (Å²) in [6, 6.07) is 0. The molecular formula is C26H14Cl8N2O4. The van der Waals surface area contributed by atoms with Crippen LogP contribution in [0.3, 0.4) is 0 Å². The number of nitrogens with zero attached hydrogens (tertiary/aromatic N) is 2. The van der Waals surface area contributed by atoms with Crippen molar-refractivity contribution >= 4 is 110 Å². The number of Topliss-reactive ketones (excluding diaryl/α,β-unsaturated/α-hetero) is 1. The first-order chi connectivity index (χ1) is 18.9. The standard InChI is InChI=1S/C26H14Cl8N2O4/c27-15-11-12(16(28)20(32)19(15)31)24(38)10(23(11)37)9-6-4-2-1-3-5-8(7-35-9)36-25(39)13-14(26(36)40)18(30)22(34)21(33)17(13)29/h1,3-6,25-26,37,39-40H,2,7H2/b3-1-,6-4-,8-5+,35-9?. The third-order valence-electron chi connectivity index (χ3n) is 6.55. The van der Waals surface area contributed by atoms with Gasteiger partial charge in [0.1, 0.15) is 5.76 Å². The van der Waals surface area contributed by atoms with Crippen molar-refractivity contribution in [2.75, 3.05) is 6.54 Å². The minimum atomic E-state index is -1.46. The highest BCUT2D eigenvalue weighted by atomic mass is 35.5. The molecule has 2 aromatic rings. The van der Waals surface area contributed by atoms with Crippen LogP contribution in [0.2, 0.25) is 40.2 Å². The molecule has 2 heterocycles. The number of ketones is 1. The van der Waals surface area contributed by atoms with Crippen molar-refractivity contribution in [1.82, 2.24) is 4.90 Å². The van der Waals surface area contributed by atoms with Crippen molar-refractivity contribution in [2.24, 2.45) is 4.99 Å². The van der Waals surface area contributed by atoms with Gasteiger partial charge in [-0.1, -0.05) is 111 Å². The number of hydrogen-bond acceptors (Lipinski definition) is 6. The Hall–Kier alpha value is -1.42. The van der Waals surface area contributed by atoms with Gasteiger partial charge in [0.2, 0.25) is 5.78 Å². The van der Waals surface area contributed by atoms with Crippen molar-refractivity contribution < 1.29 is 20.1 Å². The molecule has 0 amide bonds. The van der Waals surface area contributed by atoms with E-state index >= 15 is 0 Å². The quantitative estimate of drug-likeness (QED) is 0.215. The predicted octanol–water partition coefficient (Wildman–Crippen LogP) is 9.22. The molecule has 0 saturated heterocycles. The zero-order chi connectivity index (χ0) is 29.2. The van der Waals surface area contributed by atoms with E-state index in [2.05, 4.69) is 4.99 Å². The van der Waals surface area contributed by atoms with Crippen molar-refractivity contribution in [3.8, 4) is 0 Å². The molecule has 0 bridgehead atoms. The molecule has 1 aliphatic carbocycles. The summed E-state index contributed by atoms with van der Waals surface area (Å²) in [7, 11) is 0. The Morgan fingerprint density at radius 3 is 1.85 bits per heavy atom. The highest BCUT2D eigenvalue weighted by molar-refractivity contribution is 6.56. The van der Waals surface area contributed by atoms with Crippen molar-refractivity contribution in [3.05, 3.63) is 104 Å². The fourth-order valence-electron chi connectivity index (χ4n) is 4.68. The van der Waals surface area contributed by atoms with E-state index in [0.29, 0.717) is 12.1 Å². The molecule has 0 fully saturated rings. The zero-order valence-corrected chi connectivity index (χ0v) is 25.7. The van der Waals surface area contributed by atoms with E-state index < -0.39 is 24.0 Å². The highest BCUT2D eigenvalue weighted by Gasteiger charge is 2.43. The van der Waals surface area contributed by atoms with Gasteiger partial charge in [-0.05, 0) is 18.6 Å². The maximum Gasteiger partial charge on any atom is 0.201 e. The van der Waals surface area contributed by atoms with E-state index in [1.807, 2.05) is 0 Å². The van der Waals surface area contributed by atoms with Crippen LogP contribution in [0.1, 0.15) is 45.9 Å². The van der Waals surface area contributed by atoms with Gasteiger partial charge < -0.3 is 20.2 Å². The summed E-state index contributed by atoms with van der Waals surface area (Å²) in [5, 5.41) is 32.7. The lowest BCUT2D eigenvalue weighted by Gasteiger charge is -2.29. The molecule has 3 aliphatic rings. The molecule has 3 N–H and O–H groups in total. The van der Waals surface area contributed by atoms with Crippen LogP contribution in [-0.4, -0.2) is 38.3 Å². The Morgan fingerprint density at radius 1 is 0.750 bits per heavy atom. The van der Waals surface area contributed by atoms with Gasteiger partial charge in [-0.3, -0.25) is 9.79 Å². The average Bonchev–Trinajstić information content (AvgIpc) is 3.35. The lowest BCUT2D eigenvalue weighted by atomic mass is 10.0. The van der Waals surface area contributed by atoms with Crippen molar-refractivity contribution in [3.63, 3.8) is 0 Å². The van der Waals surface area contributed by atoms with Gasteiger partial charge in [0, 0.05) is 16.8 Å². The fraction of sp³-hybridized carbons (Fsp3) is 0.154. The third-order valence-corrected chi connectivity index (χ3v) is 10.2. The Labute approximate surface area is 267 Å². The van der Waals surface area contributed by atoms with Crippen LogP contribution in [0, 0.1) is 0 Å². The second kappa shape index (κ2) is 11.3. The normalized spacial score (nSPS) is 23.6. The molecule has 2 atom stereocenters. The monoisotopic (exact) mass is 698 g/mol. The summed E-state index contributed by atoms with van der Waals surface area (Å²) in [6.07, 6.45) is 5.90. The molecule has 0 saturated carbocycles. The van der Waals surface area contributed by atoms with Gasteiger partial charge in [-0.15, -0.1) is 0 Å². The van der Waals surface area contributed by atoms with E-state index in [1.54, 1.807) is 30.4 Å². The third kappa shape index (κ3) is 4.58. The van der Waals surface area contributed by atoms with Gasteiger partial charge in [-0.25, -0.2) is 0 Å². The SMILES string of the molecule is O=C1C(C2=NC/C(N3C(O)c4c(Cl)c(Cl)c(Cl)c(Cl)c4C3O)=C\C=C/C/C=C\2)=C(O)c2c(Cl)c(Cl)c(Cl)c(Cl)c21. The lowest BCUT2D eigenvalue weighted by molar-refractivity contribution is -0.0605. The lowest BCUT2D eigenvalue weighted by Crippen LogP contribution is -2.27. The first kappa shape index (κ1) is 30.1. The van der Waals surface area contributed by atoms with E-state index in [4.69, 9.17) is 92.8 Å². The number of halogens is 8. The number of hydrogen-bond donors (Lipinski definition) is 3.